The van der Waals surface area contributed by atoms with Crippen LogP contribution in [0.25, 0.3) is 0 Å². The molecule has 0 saturated heterocycles. The molecule has 5 rings (SSSR count). The van der Waals surface area contributed by atoms with Gasteiger partial charge in [-0.25, -0.2) is 0 Å². The third-order valence-electron chi connectivity index (χ3n) is 5.85. The van der Waals surface area contributed by atoms with Crippen molar-refractivity contribution in [3.05, 3.63) is 34.3 Å². The molecule has 1 N–H and O–H groups in total. The molecule has 0 heterocycles. The van der Waals surface area contributed by atoms with E-state index in [-0.39, 0.29) is 11.5 Å². The van der Waals surface area contributed by atoms with E-state index in [4.69, 9.17) is 0 Å². The molecule has 19 heavy (non-hydrogen) atoms. The highest BCUT2D eigenvalue weighted by atomic mass is 79.9. The maximum atomic E-state index is 11.0. The van der Waals surface area contributed by atoms with Crippen LogP contribution in [0, 0.1) is 23.2 Å². The summed E-state index contributed by atoms with van der Waals surface area (Å²) in [5.41, 5.74) is 1.31. The fourth-order valence-corrected chi connectivity index (χ4v) is 5.78. The van der Waals surface area contributed by atoms with Crippen molar-refractivity contribution < 1.29 is 5.11 Å². The molecule has 102 valence electrons. The van der Waals surface area contributed by atoms with Gasteiger partial charge in [0, 0.05) is 9.89 Å². The summed E-state index contributed by atoms with van der Waals surface area (Å²) in [5.74, 6) is 2.70. The van der Waals surface area contributed by atoms with Gasteiger partial charge in [0.1, 0.15) is 0 Å². The van der Waals surface area contributed by atoms with Gasteiger partial charge in [0.25, 0.3) is 0 Å². The molecule has 4 bridgehead atoms. The molecule has 4 saturated carbocycles. The number of rotatable bonds is 2. The lowest BCUT2D eigenvalue weighted by atomic mass is 9.47. The first-order valence-corrected chi connectivity index (χ1v) is 8.37. The van der Waals surface area contributed by atoms with Crippen molar-refractivity contribution in [2.75, 3.05) is 0 Å². The van der Waals surface area contributed by atoms with Gasteiger partial charge < -0.3 is 5.11 Å². The van der Waals surface area contributed by atoms with Crippen LogP contribution in [-0.2, 0) is 0 Å². The Kier molecular flexibility index (Phi) is 2.82. The summed E-state index contributed by atoms with van der Waals surface area (Å²) in [6.45, 7) is 0. The Morgan fingerprint density at radius 1 is 0.947 bits per heavy atom. The van der Waals surface area contributed by atoms with E-state index >= 15 is 0 Å². The number of hydrogen-bond donors (Lipinski definition) is 1. The maximum Gasteiger partial charge on any atom is 0.0846 e. The number of halogens is 1. The Balaban J connectivity index is 1.65. The number of hydrogen-bond acceptors (Lipinski definition) is 1. The van der Waals surface area contributed by atoms with Gasteiger partial charge in [0.15, 0.2) is 0 Å². The van der Waals surface area contributed by atoms with Crippen LogP contribution in [0.5, 0.6) is 0 Å². The lowest BCUT2D eigenvalue weighted by Gasteiger charge is -2.58. The van der Waals surface area contributed by atoms with Crippen LogP contribution in [0.15, 0.2) is 28.7 Å². The molecule has 0 amide bonds. The molecule has 1 unspecified atom stereocenters. The zero-order chi connectivity index (χ0) is 13.0. The molecular formula is C17H21BrO. The highest BCUT2D eigenvalue weighted by Gasteiger charge is 2.54. The highest BCUT2D eigenvalue weighted by Crippen LogP contribution is 2.63. The molecule has 2 heteroatoms. The minimum absolute atomic E-state index is 0.197. The van der Waals surface area contributed by atoms with Crippen LogP contribution in [0.2, 0.25) is 0 Å². The van der Waals surface area contributed by atoms with E-state index in [0.717, 1.165) is 27.8 Å². The lowest BCUT2D eigenvalue weighted by Crippen LogP contribution is -2.48. The molecule has 0 spiro atoms. The van der Waals surface area contributed by atoms with Gasteiger partial charge in [-0.3, -0.25) is 0 Å². The van der Waals surface area contributed by atoms with E-state index in [0.29, 0.717) is 0 Å². The van der Waals surface area contributed by atoms with Crippen molar-refractivity contribution in [2.24, 2.45) is 23.2 Å². The number of aliphatic hydroxyl groups excluding tert-OH is 1. The summed E-state index contributed by atoms with van der Waals surface area (Å²) in [4.78, 5) is 0. The van der Waals surface area contributed by atoms with E-state index in [1.807, 2.05) is 0 Å². The van der Waals surface area contributed by atoms with Crippen molar-refractivity contribution in [1.29, 1.82) is 0 Å². The quantitative estimate of drug-likeness (QED) is 0.837. The van der Waals surface area contributed by atoms with Crippen LogP contribution in [0.1, 0.15) is 50.2 Å². The Morgan fingerprint density at radius 2 is 1.42 bits per heavy atom. The Morgan fingerprint density at radius 3 is 1.89 bits per heavy atom. The first kappa shape index (κ1) is 12.4. The molecular weight excluding hydrogens is 300 g/mol. The van der Waals surface area contributed by atoms with E-state index in [9.17, 15) is 5.11 Å². The number of aliphatic hydroxyl groups is 1. The van der Waals surface area contributed by atoms with Crippen molar-refractivity contribution >= 4 is 15.9 Å². The van der Waals surface area contributed by atoms with Gasteiger partial charge in [-0.2, -0.15) is 0 Å². The fourth-order valence-electron chi connectivity index (χ4n) is 5.51. The van der Waals surface area contributed by atoms with Gasteiger partial charge in [-0.1, -0.05) is 28.1 Å². The summed E-state index contributed by atoms with van der Waals surface area (Å²) in [6, 6.07) is 8.29. The second-order valence-electron chi connectivity index (χ2n) is 7.23. The van der Waals surface area contributed by atoms with E-state index < -0.39 is 0 Å². The summed E-state index contributed by atoms with van der Waals surface area (Å²) < 4.78 is 1.09. The molecule has 4 aliphatic carbocycles. The molecule has 0 aromatic heterocycles. The van der Waals surface area contributed by atoms with Crippen LogP contribution in [0.3, 0.4) is 0 Å². The highest BCUT2D eigenvalue weighted by molar-refractivity contribution is 9.10. The Bertz CT molecular complexity index is 443. The van der Waals surface area contributed by atoms with Crippen molar-refractivity contribution in [3.63, 3.8) is 0 Å². The lowest BCUT2D eigenvalue weighted by molar-refractivity contribution is -0.122. The van der Waals surface area contributed by atoms with E-state index in [1.54, 1.807) is 0 Å². The fraction of sp³-hybridized carbons (Fsp3) is 0.647. The molecule has 0 aliphatic heterocycles. The molecule has 1 nitrogen and oxygen atoms in total. The first-order chi connectivity index (χ1) is 9.14. The van der Waals surface area contributed by atoms with Crippen molar-refractivity contribution in [3.8, 4) is 0 Å². The van der Waals surface area contributed by atoms with Crippen molar-refractivity contribution in [1.82, 2.24) is 0 Å². The van der Waals surface area contributed by atoms with Gasteiger partial charge >= 0.3 is 0 Å². The zero-order valence-corrected chi connectivity index (χ0v) is 12.8. The Labute approximate surface area is 123 Å². The normalized spacial score (nSPS) is 41.5. The third-order valence-corrected chi connectivity index (χ3v) is 6.38. The molecule has 1 aromatic rings. The van der Waals surface area contributed by atoms with E-state index in [1.165, 1.54) is 38.5 Å². The average molecular weight is 321 g/mol. The summed E-state index contributed by atoms with van der Waals surface area (Å²) in [5, 5.41) is 11.0. The smallest absolute Gasteiger partial charge is 0.0846 e. The SMILES string of the molecule is OC(c1ccc(Br)cc1)C12CC3CC(CC(C3)C1)C2. The predicted molar refractivity (Wildman–Crippen MR) is 79.7 cm³/mol. The van der Waals surface area contributed by atoms with Gasteiger partial charge in [0.05, 0.1) is 6.10 Å². The molecule has 1 atom stereocenters. The maximum absolute atomic E-state index is 11.0. The predicted octanol–water partition coefficient (Wildman–Crippen LogP) is 4.70. The third kappa shape index (κ3) is 1.99. The molecule has 0 radical (unpaired) electrons. The monoisotopic (exact) mass is 320 g/mol. The second-order valence-corrected chi connectivity index (χ2v) is 8.15. The first-order valence-electron chi connectivity index (χ1n) is 7.58. The van der Waals surface area contributed by atoms with Crippen LogP contribution < -0.4 is 0 Å². The minimum Gasteiger partial charge on any atom is -0.388 e. The van der Waals surface area contributed by atoms with Crippen LogP contribution in [-0.4, -0.2) is 5.11 Å². The van der Waals surface area contributed by atoms with E-state index in [2.05, 4.69) is 40.2 Å². The molecule has 4 aliphatic rings. The van der Waals surface area contributed by atoms with Gasteiger partial charge in [0.2, 0.25) is 0 Å². The average Bonchev–Trinajstić information content (AvgIpc) is 2.37. The second kappa shape index (κ2) is 4.33. The van der Waals surface area contributed by atoms with Gasteiger partial charge in [-0.05, 0) is 74.0 Å². The van der Waals surface area contributed by atoms with Crippen LogP contribution >= 0.6 is 15.9 Å². The topological polar surface area (TPSA) is 20.2 Å². The van der Waals surface area contributed by atoms with Crippen LogP contribution in [0.4, 0.5) is 0 Å². The van der Waals surface area contributed by atoms with Gasteiger partial charge in [-0.15, -0.1) is 0 Å². The Hall–Kier alpha value is -0.340. The minimum atomic E-state index is -0.256. The summed E-state index contributed by atoms with van der Waals surface area (Å²) in [7, 11) is 0. The molecule has 1 aromatic carbocycles. The molecule has 4 fully saturated rings. The van der Waals surface area contributed by atoms with Crippen molar-refractivity contribution in [2.45, 2.75) is 44.6 Å². The summed E-state index contributed by atoms with van der Waals surface area (Å²) in [6.07, 6.45) is 7.84. The standard InChI is InChI=1S/C17H21BrO/c18-15-3-1-14(2-4-15)16(19)17-8-11-5-12(9-17)7-13(6-11)10-17/h1-4,11-13,16,19H,5-10H2. The summed E-state index contributed by atoms with van der Waals surface area (Å²) >= 11 is 3.48. The zero-order valence-electron chi connectivity index (χ0n) is 11.2. The number of benzene rings is 1. The largest absolute Gasteiger partial charge is 0.388 e.